The minimum atomic E-state index is -4.49. The maximum atomic E-state index is 13.6. The number of alkyl halides is 9. The van der Waals surface area contributed by atoms with Gasteiger partial charge in [-0.1, -0.05) is 60.7 Å². The lowest BCUT2D eigenvalue weighted by atomic mass is 10.0. The second kappa shape index (κ2) is 46.1. The number of anilines is 6. The van der Waals surface area contributed by atoms with E-state index in [1.807, 2.05) is 87.5 Å². The number of carboxylic acid groups (broad SMARTS) is 1. The van der Waals surface area contributed by atoms with E-state index in [0.717, 1.165) is 77.7 Å². The predicted octanol–water partition coefficient (Wildman–Crippen LogP) is 18.4. The van der Waals surface area contributed by atoms with Gasteiger partial charge >= 0.3 is 30.5 Å². The van der Waals surface area contributed by atoms with E-state index < -0.39 is 64.5 Å². The number of morpholine rings is 3. The summed E-state index contributed by atoms with van der Waals surface area (Å²) >= 11 is 3.04. The molecule has 0 unspecified atom stereocenters. The number of nitrogens with two attached hydrogens (primary N) is 1. The number of thioether (sulfide) groups is 2. The molecule has 3 saturated heterocycles. The van der Waals surface area contributed by atoms with Crippen molar-refractivity contribution in [2.75, 3.05) is 121 Å². The zero-order valence-corrected chi connectivity index (χ0v) is 74.3. The van der Waals surface area contributed by atoms with Gasteiger partial charge in [0.2, 0.25) is 0 Å². The Morgan fingerprint density at radius 1 is 0.391 bits per heavy atom. The first-order chi connectivity index (χ1) is 63.6. The number of ether oxygens (including phenoxy) is 4. The molecule has 0 aliphatic carbocycles. The fourth-order valence-electron chi connectivity index (χ4n) is 14.2. The number of hydrogen-bond acceptors (Lipinski definition) is 20. The van der Waals surface area contributed by atoms with Crippen molar-refractivity contribution in [1.29, 1.82) is 0 Å². The number of carboxylic acids is 1. The molecule has 3 aliphatic rings. The van der Waals surface area contributed by atoms with Crippen LogP contribution in [0.2, 0.25) is 0 Å². The Kier molecular flexibility index (Phi) is 34.2. The molecule has 0 bridgehead atoms. The van der Waals surface area contributed by atoms with Crippen molar-refractivity contribution in [2.24, 2.45) is 0 Å². The van der Waals surface area contributed by atoms with Gasteiger partial charge in [-0.05, 0) is 200 Å². The highest BCUT2D eigenvalue weighted by molar-refractivity contribution is 7.98. The molecule has 6 heterocycles. The second-order valence-corrected chi connectivity index (χ2v) is 34.1. The lowest BCUT2D eigenvalue weighted by Crippen LogP contribution is -2.36. The van der Waals surface area contributed by atoms with Crippen molar-refractivity contribution in [3.05, 3.63) is 303 Å². The molecule has 5 amide bonds. The average Bonchev–Trinajstić information content (AvgIpc) is 0.806. The van der Waals surface area contributed by atoms with Gasteiger partial charge < -0.3 is 71.1 Å². The molecule has 133 heavy (non-hydrogen) atoms. The molecule has 696 valence electrons. The third-order valence-electron chi connectivity index (χ3n) is 20.9. The van der Waals surface area contributed by atoms with E-state index in [-0.39, 0.29) is 61.4 Å². The monoisotopic (exact) mass is 1870 g/mol. The molecule has 3 aliphatic heterocycles. The molecule has 35 heteroatoms. The average molecular weight is 1870 g/mol. The van der Waals surface area contributed by atoms with E-state index >= 15 is 0 Å². The fraction of sp³-hybridized carbons (Fsp3) is 0.286. The van der Waals surface area contributed by atoms with Gasteiger partial charge in [0, 0.05) is 168 Å². The van der Waals surface area contributed by atoms with Gasteiger partial charge in [-0.2, -0.15) is 63.0 Å². The number of nitrogens with one attached hydrogen (secondary N) is 5. The lowest BCUT2D eigenvalue weighted by Gasteiger charge is -2.29. The first kappa shape index (κ1) is 98.7. The van der Waals surface area contributed by atoms with Gasteiger partial charge in [0.15, 0.2) is 0 Å². The van der Waals surface area contributed by atoms with Crippen LogP contribution in [-0.2, 0) is 78.2 Å². The van der Waals surface area contributed by atoms with Gasteiger partial charge in [-0.15, -0.1) is 0 Å². The van der Waals surface area contributed by atoms with Gasteiger partial charge in [0.05, 0.1) is 97.6 Å². The van der Waals surface area contributed by atoms with Crippen molar-refractivity contribution < 1.29 is 97.1 Å². The molecule has 3 aromatic heterocycles. The van der Waals surface area contributed by atoms with Crippen LogP contribution in [-0.4, -0.2) is 158 Å². The third-order valence-corrected chi connectivity index (χ3v) is 23.0. The summed E-state index contributed by atoms with van der Waals surface area (Å²) in [7, 11) is 0. The number of esters is 1. The fourth-order valence-corrected chi connectivity index (χ4v) is 15.9. The number of halogens is 9. The summed E-state index contributed by atoms with van der Waals surface area (Å²) in [5, 5.41) is 22.9. The second-order valence-electron chi connectivity index (χ2n) is 31.9. The normalized spacial score (nSPS) is 13.5. The van der Waals surface area contributed by atoms with Crippen LogP contribution in [0.15, 0.2) is 231 Å². The zero-order valence-electron chi connectivity index (χ0n) is 72.7. The number of amides is 5. The van der Waals surface area contributed by atoms with E-state index in [9.17, 15) is 73.1 Å². The van der Waals surface area contributed by atoms with Crippen molar-refractivity contribution in [3.8, 4) is 33.8 Å². The maximum absolute atomic E-state index is 13.6. The van der Waals surface area contributed by atoms with Crippen LogP contribution in [0.4, 0.5) is 73.6 Å². The lowest BCUT2D eigenvalue weighted by molar-refractivity contribution is -0.154. The Bertz CT molecular complexity index is 5930. The number of nitrogen functional groups attached to an aromatic ring is 1. The number of nitrogens with zero attached hydrogens (tertiary/aromatic N) is 6. The first-order valence-electron chi connectivity index (χ1n) is 42.4. The third kappa shape index (κ3) is 29.6. The van der Waals surface area contributed by atoms with Gasteiger partial charge in [-0.25, -0.2) is 0 Å². The minimum absolute atomic E-state index is 0.0327. The largest absolute Gasteiger partial charge is 0.481 e. The number of hydrogen-bond donors (Lipinski definition) is 7. The van der Waals surface area contributed by atoms with E-state index in [4.69, 9.17) is 29.8 Å². The predicted molar refractivity (Wildman–Crippen MR) is 494 cm³/mol. The first-order valence-corrected chi connectivity index (χ1v) is 44.7. The van der Waals surface area contributed by atoms with Gasteiger partial charge in [-0.3, -0.25) is 48.5 Å². The topological polar surface area (TPSA) is 311 Å². The van der Waals surface area contributed by atoms with E-state index in [1.165, 1.54) is 78.9 Å². The molecule has 8 N–H and O–H groups in total. The number of benzene rings is 8. The summed E-state index contributed by atoms with van der Waals surface area (Å²) in [6, 6.07) is 55.1. The van der Waals surface area contributed by atoms with E-state index in [0.29, 0.717) is 173 Å². The van der Waals surface area contributed by atoms with Gasteiger partial charge in [0.25, 0.3) is 29.5 Å². The molecule has 24 nitrogen and oxygen atoms in total. The number of aromatic nitrogens is 3. The quantitative estimate of drug-likeness (QED) is 0.00991. The van der Waals surface area contributed by atoms with Crippen molar-refractivity contribution in [3.63, 3.8) is 0 Å². The standard InChI is InChI=1S/C39H41F3N4O5S.C35H33F3N4O5S.C24H23F3N4O2/c1-38(2,3)51-35(47)13-19-52-25-27-7-4-8-28(20-27)37(49)45-33-11-10-31(46-15-17-50-18-16-46)23-32(33)34-22-29(12-14-43-34)36(48)44-24-26-6-5-9-30(21-26)39(40,41)42;36-35(37,38)27-6-2-3-23(18-27)21-40-33(45)26-9-11-39-31(19-26)29-20-28(42-12-14-47-15-13-42)7-8-30(29)41-34(46)25-5-1-4-24(17-25)22-48-16-10-32(43)44;25-24(26,27)18-3-1-2-16(12-18)15-30-23(32)17-6-7-29-22(13-17)20-14-19(4-5-21(20)28)31-8-10-33-11-9-31/h4-12,14,20-23H,13,15-19,24-25H2,1-3H3,(H,44,48)(H,45,49);1-9,11,17-20H,10,12-16,21-22H2,(H,40,45)(H,41,46)(H,43,44);1-7,12-14H,8-11,15,28H2,(H,30,32). The molecule has 8 aromatic carbocycles. The van der Waals surface area contributed by atoms with Crippen LogP contribution in [0.25, 0.3) is 33.8 Å². The Morgan fingerprint density at radius 2 is 0.714 bits per heavy atom. The highest BCUT2D eigenvalue weighted by Gasteiger charge is 2.34. The summed E-state index contributed by atoms with van der Waals surface area (Å²) in [4.78, 5) is 109. The van der Waals surface area contributed by atoms with Crippen LogP contribution >= 0.6 is 23.5 Å². The summed E-state index contributed by atoms with van der Waals surface area (Å²) < 4.78 is 139. The van der Waals surface area contributed by atoms with Crippen LogP contribution in [0.3, 0.4) is 0 Å². The summed E-state index contributed by atoms with van der Waals surface area (Å²) in [6.07, 6.45) is -8.62. The highest BCUT2D eigenvalue weighted by Crippen LogP contribution is 2.38. The van der Waals surface area contributed by atoms with Crippen molar-refractivity contribution in [1.82, 2.24) is 30.9 Å². The molecule has 0 saturated carbocycles. The summed E-state index contributed by atoms with van der Waals surface area (Å²) in [5.41, 5.74) is 15.3. The zero-order chi connectivity index (χ0) is 94.8. The summed E-state index contributed by atoms with van der Waals surface area (Å²) in [5.74, 6) is -1.00. The van der Waals surface area contributed by atoms with Crippen LogP contribution < -0.4 is 47.0 Å². The minimum Gasteiger partial charge on any atom is -0.481 e. The molecule has 11 aromatic rings. The Hall–Kier alpha value is -13.4. The van der Waals surface area contributed by atoms with E-state index in [2.05, 4.69) is 56.2 Å². The van der Waals surface area contributed by atoms with Crippen molar-refractivity contribution in [2.45, 2.75) is 88.9 Å². The number of pyridine rings is 3. The van der Waals surface area contributed by atoms with Crippen LogP contribution in [0.5, 0.6) is 0 Å². The van der Waals surface area contributed by atoms with Gasteiger partial charge in [0.1, 0.15) is 5.60 Å². The molecule has 0 radical (unpaired) electrons. The van der Waals surface area contributed by atoms with Crippen molar-refractivity contribution >= 4 is 99.1 Å². The smallest absolute Gasteiger partial charge is 0.416 e. The Morgan fingerprint density at radius 3 is 1.07 bits per heavy atom. The maximum Gasteiger partial charge on any atom is 0.416 e. The SMILES string of the molecule is CC(C)(C)OC(=O)CCSCc1cccc(C(=O)Nc2ccc(N3CCOCC3)cc2-c2cc(C(=O)NCc3cccc(C(F)(F)F)c3)ccn2)c1.Nc1ccc(N2CCOCC2)cc1-c1cc(C(=O)NCc2cccc(C(F)(F)F)c2)ccn1.O=C(O)CCSCc1cccc(C(=O)Nc2ccc(N3CCOCC3)cc2-c2cc(C(=O)NCc3cccc(C(F)(F)F)c3)ccn2)c1. The van der Waals surface area contributed by atoms with Crippen LogP contribution in [0, 0.1) is 0 Å². The summed E-state index contributed by atoms with van der Waals surface area (Å²) in [6.45, 7) is 13.1. The molecule has 0 spiro atoms. The number of aliphatic carboxylic acids is 1. The molecular weight excluding hydrogens is 1770 g/mol. The molecular formula is C98H97F9N12O12S2. The molecule has 3 fully saturated rings. The Labute approximate surface area is 770 Å². The van der Waals surface area contributed by atoms with E-state index in [1.54, 1.807) is 72.4 Å². The highest BCUT2D eigenvalue weighted by atomic mass is 32.2. The molecule has 14 rings (SSSR count). The Balaban J connectivity index is 0.000000184. The van der Waals surface area contributed by atoms with Crippen LogP contribution in [0.1, 0.15) is 130 Å². The molecule has 0 atom stereocenters. The number of carbonyl (C=O) groups excluding carboxylic acids is 6. The number of carbonyl (C=O) groups is 7. The number of rotatable bonds is 29.